The van der Waals surface area contributed by atoms with Crippen molar-refractivity contribution in [1.82, 2.24) is 10.6 Å². The van der Waals surface area contributed by atoms with E-state index in [-0.39, 0.29) is 28.8 Å². The summed E-state index contributed by atoms with van der Waals surface area (Å²) in [6.45, 7) is 8.61. The monoisotopic (exact) mass is 326 g/mol. The quantitative estimate of drug-likeness (QED) is 0.790. The summed E-state index contributed by atoms with van der Waals surface area (Å²) in [6.07, 6.45) is 1.72. The second kappa shape index (κ2) is 5.78. The van der Waals surface area contributed by atoms with Crippen LogP contribution in [0, 0.1) is 0 Å². The average molecular weight is 326 g/mol. The van der Waals surface area contributed by atoms with Crippen molar-refractivity contribution in [2.24, 2.45) is 0 Å². The Morgan fingerprint density at radius 3 is 2.21 bits per heavy atom. The molecule has 4 heteroatoms. The van der Waals surface area contributed by atoms with E-state index in [1.807, 2.05) is 24.3 Å². The molecule has 2 aromatic carbocycles. The van der Waals surface area contributed by atoms with Gasteiger partial charge < -0.3 is 15.7 Å². The normalized spacial score (nSPS) is 20.0. The molecule has 0 aromatic heterocycles. The number of piperidine rings is 1. The van der Waals surface area contributed by atoms with Gasteiger partial charge in [0.2, 0.25) is 0 Å². The largest absolute Gasteiger partial charge is 0.507 e. The molecule has 0 unspecified atom stereocenters. The number of carbonyl (C=O) groups excluding carboxylic acids is 1. The maximum atomic E-state index is 12.7. The first-order chi connectivity index (χ1) is 11.2. The van der Waals surface area contributed by atoms with Crippen molar-refractivity contribution in [3.05, 3.63) is 42.0 Å². The Labute approximate surface area is 143 Å². The van der Waals surface area contributed by atoms with Crippen LogP contribution >= 0.6 is 0 Å². The van der Waals surface area contributed by atoms with E-state index in [2.05, 4.69) is 38.3 Å². The van der Waals surface area contributed by atoms with Crippen LogP contribution in [0.5, 0.6) is 5.75 Å². The Kier molecular flexibility index (Phi) is 4.04. The topological polar surface area (TPSA) is 61.4 Å². The highest BCUT2D eigenvalue weighted by molar-refractivity contribution is 6.01. The minimum absolute atomic E-state index is 0.0265. The zero-order valence-corrected chi connectivity index (χ0v) is 14.8. The first-order valence-corrected chi connectivity index (χ1v) is 8.47. The molecule has 1 heterocycles. The zero-order valence-electron chi connectivity index (χ0n) is 14.8. The molecule has 1 fully saturated rings. The second-order valence-electron chi connectivity index (χ2n) is 8.19. The molecule has 1 amide bonds. The molecule has 4 nitrogen and oxygen atoms in total. The molecule has 0 spiro atoms. The number of carbonyl (C=O) groups is 1. The lowest BCUT2D eigenvalue weighted by molar-refractivity contribution is 0.0871. The lowest BCUT2D eigenvalue weighted by Gasteiger charge is -2.46. The molecule has 0 radical (unpaired) electrons. The summed E-state index contributed by atoms with van der Waals surface area (Å²) in [5.74, 6) is -0.185. The van der Waals surface area contributed by atoms with Gasteiger partial charge in [0.1, 0.15) is 5.75 Å². The van der Waals surface area contributed by atoms with Crippen LogP contribution in [-0.4, -0.2) is 28.1 Å². The second-order valence-corrected chi connectivity index (χ2v) is 8.19. The van der Waals surface area contributed by atoms with Crippen LogP contribution in [0.25, 0.3) is 10.8 Å². The standard InChI is InChI=1S/C20H26N2O2/c1-19(2)11-15(12-20(3,4)22-19)21-18(24)16-9-13-7-5-6-8-14(13)10-17(16)23/h5-10,15,22-23H,11-12H2,1-4H3,(H,21,24). The highest BCUT2D eigenvalue weighted by atomic mass is 16.3. The van der Waals surface area contributed by atoms with Crippen molar-refractivity contribution in [2.45, 2.75) is 57.7 Å². The number of rotatable bonds is 2. The molecule has 3 rings (SSSR count). The van der Waals surface area contributed by atoms with E-state index in [4.69, 9.17) is 0 Å². The third kappa shape index (κ3) is 3.54. The minimum Gasteiger partial charge on any atom is -0.507 e. The van der Waals surface area contributed by atoms with Gasteiger partial charge in [-0.2, -0.15) is 0 Å². The van der Waals surface area contributed by atoms with Gasteiger partial charge in [-0.05, 0) is 63.4 Å². The van der Waals surface area contributed by atoms with Crippen molar-refractivity contribution in [3.63, 3.8) is 0 Å². The zero-order chi connectivity index (χ0) is 17.5. The van der Waals surface area contributed by atoms with Crippen molar-refractivity contribution < 1.29 is 9.90 Å². The van der Waals surface area contributed by atoms with Crippen LogP contribution < -0.4 is 10.6 Å². The minimum atomic E-state index is -0.211. The van der Waals surface area contributed by atoms with E-state index in [9.17, 15) is 9.90 Å². The maximum Gasteiger partial charge on any atom is 0.255 e. The first kappa shape index (κ1) is 16.8. The van der Waals surface area contributed by atoms with Crippen LogP contribution in [0.3, 0.4) is 0 Å². The SMILES string of the molecule is CC1(C)CC(NC(=O)c2cc3ccccc3cc2O)CC(C)(C)N1. The number of aromatic hydroxyl groups is 1. The molecule has 0 aliphatic carbocycles. The third-order valence-electron chi connectivity index (χ3n) is 4.63. The highest BCUT2D eigenvalue weighted by Crippen LogP contribution is 2.30. The van der Waals surface area contributed by atoms with E-state index >= 15 is 0 Å². The predicted molar refractivity (Wildman–Crippen MR) is 97.4 cm³/mol. The lowest BCUT2D eigenvalue weighted by Crippen LogP contribution is -2.62. The van der Waals surface area contributed by atoms with E-state index < -0.39 is 0 Å². The molecule has 2 aromatic rings. The van der Waals surface area contributed by atoms with Gasteiger partial charge in [-0.1, -0.05) is 24.3 Å². The molecule has 128 valence electrons. The van der Waals surface area contributed by atoms with E-state index in [0.717, 1.165) is 23.6 Å². The molecular formula is C20H26N2O2. The number of nitrogens with one attached hydrogen (secondary N) is 2. The van der Waals surface area contributed by atoms with Gasteiger partial charge in [-0.25, -0.2) is 0 Å². The molecule has 0 saturated carbocycles. The fourth-order valence-corrected chi connectivity index (χ4v) is 4.10. The molecule has 0 bridgehead atoms. The van der Waals surface area contributed by atoms with Crippen LogP contribution in [-0.2, 0) is 0 Å². The average Bonchev–Trinajstić information content (AvgIpc) is 2.42. The summed E-state index contributed by atoms with van der Waals surface area (Å²) in [7, 11) is 0. The Hall–Kier alpha value is -2.07. The Morgan fingerprint density at radius 1 is 1.08 bits per heavy atom. The highest BCUT2D eigenvalue weighted by Gasteiger charge is 2.38. The van der Waals surface area contributed by atoms with Crippen LogP contribution in [0.1, 0.15) is 50.9 Å². The lowest BCUT2D eigenvalue weighted by atomic mass is 9.79. The van der Waals surface area contributed by atoms with E-state index in [1.165, 1.54) is 0 Å². The number of hydrogen-bond acceptors (Lipinski definition) is 3. The van der Waals surface area contributed by atoms with Gasteiger partial charge in [-0.3, -0.25) is 4.79 Å². The van der Waals surface area contributed by atoms with E-state index in [1.54, 1.807) is 12.1 Å². The summed E-state index contributed by atoms with van der Waals surface area (Å²) < 4.78 is 0. The van der Waals surface area contributed by atoms with Gasteiger partial charge in [0.05, 0.1) is 5.56 Å². The number of benzene rings is 2. The summed E-state index contributed by atoms with van der Waals surface area (Å²) in [5.41, 5.74) is 0.263. The summed E-state index contributed by atoms with van der Waals surface area (Å²) in [4.78, 5) is 12.7. The Balaban J connectivity index is 1.83. The van der Waals surface area contributed by atoms with Gasteiger partial charge >= 0.3 is 0 Å². The van der Waals surface area contributed by atoms with Crippen molar-refractivity contribution in [2.75, 3.05) is 0 Å². The first-order valence-electron chi connectivity index (χ1n) is 8.47. The number of hydrogen-bond donors (Lipinski definition) is 3. The maximum absolute atomic E-state index is 12.7. The number of fused-ring (bicyclic) bond motifs is 1. The summed E-state index contributed by atoms with van der Waals surface area (Å²) in [6, 6.07) is 11.2. The van der Waals surface area contributed by atoms with Gasteiger partial charge in [0.25, 0.3) is 5.91 Å². The molecule has 1 aliphatic rings. The number of phenolic OH excluding ortho intramolecular Hbond substituents is 1. The Morgan fingerprint density at radius 2 is 1.62 bits per heavy atom. The molecule has 3 N–H and O–H groups in total. The molecule has 24 heavy (non-hydrogen) atoms. The smallest absolute Gasteiger partial charge is 0.255 e. The molecular weight excluding hydrogens is 300 g/mol. The Bertz CT molecular complexity index is 764. The van der Waals surface area contributed by atoms with Gasteiger partial charge in [-0.15, -0.1) is 0 Å². The van der Waals surface area contributed by atoms with Crippen LogP contribution in [0.15, 0.2) is 36.4 Å². The fraction of sp³-hybridized carbons (Fsp3) is 0.450. The number of amides is 1. The van der Waals surface area contributed by atoms with Gasteiger partial charge in [0, 0.05) is 17.1 Å². The summed E-state index contributed by atoms with van der Waals surface area (Å²) in [5, 5.41) is 18.8. The third-order valence-corrected chi connectivity index (χ3v) is 4.63. The predicted octanol–water partition coefficient (Wildman–Crippen LogP) is 3.58. The number of phenols is 1. The van der Waals surface area contributed by atoms with Crippen molar-refractivity contribution >= 4 is 16.7 Å². The van der Waals surface area contributed by atoms with E-state index in [0.29, 0.717) is 5.56 Å². The molecule has 1 saturated heterocycles. The van der Waals surface area contributed by atoms with Crippen LogP contribution in [0.4, 0.5) is 0 Å². The summed E-state index contributed by atoms with van der Waals surface area (Å²) >= 11 is 0. The molecule has 1 aliphatic heterocycles. The van der Waals surface area contributed by atoms with Crippen LogP contribution in [0.2, 0.25) is 0 Å². The van der Waals surface area contributed by atoms with Gasteiger partial charge in [0.15, 0.2) is 0 Å². The fourth-order valence-electron chi connectivity index (χ4n) is 4.10. The van der Waals surface area contributed by atoms with Crippen molar-refractivity contribution in [3.8, 4) is 5.75 Å². The molecule has 0 atom stereocenters. The van der Waals surface area contributed by atoms with Crippen molar-refractivity contribution in [1.29, 1.82) is 0 Å².